The lowest BCUT2D eigenvalue weighted by molar-refractivity contribution is -0.0667. The molecule has 0 N–H and O–H groups in total. The van der Waals surface area contributed by atoms with Crippen molar-refractivity contribution in [3.63, 3.8) is 0 Å². The third-order valence-corrected chi connectivity index (χ3v) is 1.66. The van der Waals surface area contributed by atoms with E-state index in [-0.39, 0.29) is 6.29 Å². The van der Waals surface area contributed by atoms with Gasteiger partial charge < -0.3 is 9.47 Å². The number of ether oxygens (including phenoxy) is 2. The molecule has 0 aliphatic heterocycles. The Hall–Kier alpha value is -0.600. The number of allylic oxidation sites excluding steroid dienone is 3. The van der Waals surface area contributed by atoms with Crippen molar-refractivity contribution in [1.82, 2.24) is 0 Å². The fraction of sp³-hybridized carbons (Fsp3) is 0.636. The molecule has 0 saturated carbocycles. The molecule has 0 saturated heterocycles. The fourth-order valence-electron chi connectivity index (χ4n) is 0.938. The number of rotatable bonds is 7. The van der Waals surface area contributed by atoms with Gasteiger partial charge in [0.2, 0.25) is 0 Å². The van der Waals surface area contributed by atoms with Crippen molar-refractivity contribution in [3.05, 3.63) is 24.3 Å². The Balaban J connectivity index is 3.44. The molecule has 0 bridgehead atoms. The standard InChI is InChI=1S/C11H20O2/c1-4-5-6-7-8-9-10-11(12-2)13-3/h5-6,9-11H,4,7-8H2,1-3H3. The molecular weight excluding hydrogens is 164 g/mol. The van der Waals surface area contributed by atoms with Crippen molar-refractivity contribution in [2.24, 2.45) is 0 Å². The molecule has 13 heavy (non-hydrogen) atoms. The fourth-order valence-corrected chi connectivity index (χ4v) is 0.938. The molecule has 0 fully saturated rings. The predicted octanol–water partition coefficient (Wildman–Crippen LogP) is 2.91. The van der Waals surface area contributed by atoms with Crippen LogP contribution in [-0.4, -0.2) is 20.5 Å². The smallest absolute Gasteiger partial charge is 0.176 e. The molecule has 0 rings (SSSR count). The quantitative estimate of drug-likeness (QED) is 0.344. The van der Waals surface area contributed by atoms with Crippen LogP contribution < -0.4 is 0 Å². The molecule has 0 unspecified atom stereocenters. The van der Waals surface area contributed by atoms with E-state index in [4.69, 9.17) is 9.47 Å². The topological polar surface area (TPSA) is 18.5 Å². The molecule has 0 heterocycles. The average Bonchev–Trinajstić information content (AvgIpc) is 2.17. The van der Waals surface area contributed by atoms with Crippen molar-refractivity contribution in [2.45, 2.75) is 32.5 Å². The second kappa shape index (κ2) is 9.49. The maximum absolute atomic E-state index is 5.00. The normalized spacial score (nSPS) is 12.3. The Kier molecular flexibility index (Phi) is 9.05. The number of hydrogen-bond acceptors (Lipinski definition) is 2. The van der Waals surface area contributed by atoms with Gasteiger partial charge >= 0.3 is 0 Å². The van der Waals surface area contributed by atoms with Crippen molar-refractivity contribution in [1.29, 1.82) is 0 Å². The summed E-state index contributed by atoms with van der Waals surface area (Å²) >= 11 is 0. The van der Waals surface area contributed by atoms with E-state index in [1.54, 1.807) is 14.2 Å². The van der Waals surface area contributed by atoms with Crippen LogP contribution in [0, 0.1) is 0 Å². The van der Waals surface area contributed by atoms with E-state index < -0.39 is 0 Å². The largest absolute Gasteiger partial charge is 0.352 e. The van der Waals surface area contributed by atoms with E-state index in [1.165, 1.54) is 0 Å². The van der Waals surface area contributed by atoms with E-state index in [1.807, 2.05) is 6.08 Å². The maximum Gasteiger partial charge on any atom is 0.176 e. The first-order chi connectivity index (χ1) is 6.35. The molecule has 0 aromatic heterocycles. The van der Waals surface area contributed by atoms with Crippen LogP contribution in [0.2, 0.25) is 0 Å². The highest BCUT2D eigenvalue weighted by molar-refractivity contribution is 4.89. The second-order valence-corrected chi connectivity index (χ2v) is 2.72. The van der Waals surface area contributed by atoms with Gasteiger partial charge in [0.25, 0.3) is 0 Å². The Labute approximate surface area is 81.2 Å². The van der Waals surface area contributed by atoms with Crippen molar-refractivity contribution >= 4 is 0 Å². The molecule has 0 aliphatic carbocycles. The third kappa shape index (κ3) is 7.75. The number of hydrogen-bond donors (Lipinski definition) is 0. The minimum atomic E-state index is -0.199. The molecule has 0 aromatic rings. The Morgan fingerprint density at radius 3 is 2.15 bits per heavy atom. The molecule has 76 valence electrons. The van der Waals surface area contributed by atoms with Gasteiger partial charge in [-0.2, -0.15) is 0 Å². The van der Waals surface area contributed by atoms with Gasteiger partial charge in [-0.1, -0.05) is 25.2 Å². The van der Waals surface area contributed by atoms with Gasteiger partial charge in [0.05, 0.1) is 0 Å². The van der Waals surface area contributed by atoms with E-state index >= 15 is 0 Å². The summed E-state index contributed by atoms with van der Waals surface area (Å²) in [6.07, 6.45) is 11.4. The van der Waals surface area contributed by atoms with Gasteiger partial charge in [0.15, 0.2) is 6.29 Å². The summed E-state index contributed by atoms with van der Waals surface area (Å²) in [7, 11) is 3.27. The highest BCUT2D eigenvalue weighted by Crippen LogP contribution is 1.98. The van der Waals surface area contributed by atoms with Crippen LogP contribution in [0.25, 0.3) is 0 Å². The molecule has 0 aromatic carbocycles. The molecule has 0 aliphatic rings. The zero-order valence-electron chi connectivity index (χ0n) is 8.82. The molecular formula is C11H20O2. The Bertz CT molecular complexity index is 146. The van der Waals surface area contributed by atoms with E-state index in [9.17, 15) is 0 Å². The maximum atomic E-state index is 5.00. The van der Waals surface area contributed by atoms with Crippen LogP contribution >= 0.6 is 0 Å². The number of methoxy groups -OCH3 is 2. The Morgan fingerprint density at radius 1 is 1.00 bits per heavy atom. The zero-order valence-corrected chi connectivity index (χ0v) is 8.82. The summed E-state index contributed by atoms with van der Waals surface area (Å²) in [6.45, 7) is 2.14. The van der Waals surface area contributed by atoms with Gasteiger partial charge in [-0.05, 0) is 25.3 Å². The van der Waals surface area contributed by atoms with Crippen LogP contribution in [0.4, 0.5) is 0 Å². The summed E-state index contributed by atoms with van der Waals surface area (Å²) in [5, 5.41) is 0. The zero-order chi connectivity index (χ0) is 9.94. The molecule has 0 spiro atoms. The van der Waals surface area contributed by atoms with Crippen molar-refractivity contribution in [3.8, 4) is 0 Å². The highest BCUT2D eigenvalue weighted by Gasteiger charge is 1.95. The van der Waals surface area contributed by atoms with Gasteiger partial charge in [-0.25, -0.2) is 0 Å². The van der Waals surface area contributed by atoms with Crippen LogP contribution in [-0.2, 0) is 9.47 Å². The van der Waals surface area contributed by atoms with Gasteiger partial charge in [0.1, 0.15) is 0 Å². The minimum absolute atomic E-state index is 0.199. The van der Waals surface area contributed by atoms with E-state index in [2.05, 4.69) is 25.2 Å². The summed E-state index contributed by atoms with van der Waals surface area (Å²) in [5.74, 6) is 0. The van der Waals surface area contributed by atoms with Gasteiger partial charge in [-0.15, -0.1) is 0 Å². The van der Waals surface area contributed by atoms with Crippen molar-refractivity contribution in [2.75, 3.05) is 14.2 Å². The second-order valence-electron chi connectivity index (χ2n) is 2.72. The third-order valence-electron chi connectivity index (χ3n) is 1.66. The summed E-state index contributed by atoms with van der Waals surface area (Å²) < 4.78 is 10.0. The minimum Gasteiger partial charge on any atom is -0.352 e. The first-order valence-corrected chi connectivity index (χ1v) is 4.72. The summed E-state index contributed by atoms with van der Waals surface area (Å²) in [6, 6.07) is 0. The Morgan fingerprint density at radius 2 is 1.62 bits per heavy atom. The van der Waals surface area contributed by atoms with Crippen LogP contribution in [0.15, 0.2) is 24.3 Å². The van der Waals surface area contributed by atoms with Gasteiger partial charge in [0, 0.05) is 14.2 Å². The van der Waals surface area contributed by atoms with Crippen molar-refractivity contribution < 1.29 is 9.47 Å². The molecule has 0 radical (unpaired) electrons. The summed E-state index contributed by atoms with van der Waals surface area (Å²) in [5.41, 5.74) is 0. The predicted molar refractivity (Wildman–Crippen MR) is 55.6 cm³/mol. The monoisotopic (exact) mass is 184 g/mol. The van der Waals surface area contributed by atoms with Crippen LogP contribution in [0.5, 0.6) is 0 Å². The molecule has 2 heteroatoms. The molecule has 0 amide bonds. The van der Waals surface area contributed by atoms with Gasteiger partial charge in [-0.3, -0.25) is 0 Å². The lowest BCUT2D eigenvalue weighted by Gasteiger charge is -2.06. The first-order valence-electron chi connectivity index (χ1n) is 4.72. The van der Waals surface area contributed by atoms with E-state index in [0.29, 0.717) is 0 Å². The average molecular weight is 184 g/mol. The lowest BCUT2D eigenvalue weighted by Crippen LogP contribution is -2.08. The lowest BCUT2D eigenvalue weighted by atomic mass is 10.2. The van der Waals surface area contributed by atoms with E-state index in [0.717, 1.165) is 19.3 Å². The molecule has 2 nitrogen and oxygen atoms in total. The van der Waals surface area contributed by atoms with Crippen LogP contribution in [0.1, 0.15) is 26.2 Å². The first kappa shape index (κ1) is 12.4. The number of unbranched alkanes of at least 4 members (excludes halogenated alkanes) is 1. The SMILES string of the molecule is CCC=CCCC=CC(OC)OC. The summed E-state index contributed by atoms with van der Waals surface area (Å²) in [4.78, 5) is 0. The highest BCUT2D eigenvalue weighted by atomic mass is 16.7. The van der Waals surface area contributed by atoms with Crippen LogP contribution in [0.3, 0.4) is 0 Å². The molecule has 0 atom stereocenters.